The van der Waals surface area contributed by atoms with Crippen molar-refractivity contribution in [3.8, 4) is 0 Å². The minimum absolute atomic E-state index is 0.0371. The fourth-order valence-corrected chi connectivity index (χ4v) is 4.47. The molecule has 0 radical (unpaired) electrons. The van der Waals surface area contributed by atoms with Crippen LogP contribution in [0.5, 0.6) is 0 Å². The number of para-hydroxylation sites is 1. The van der Waals surface area contributed by atoms with Crippen LogP contribution < -0.4 is 10.6 Å². The van der Waals surface area contributed by atoms with Crippen molar-refractivity contribution in [3.05, 3.63) is 89.5 Å². The summed E-state index contributed by atoms with van der Waals surface area (Å²) in [4.78, 5) is 26.6. The van der Waals surface area contributed by atoms with Crippen LogP contribution in [-0.2, 0) is 11.2 Å². The molecule has 28 heavy (non-hydrogen) atoms. The molecule has 1 aliphatic heterocycles. The van der Waals surface area contributed by atoms with Gasteiger partial charge in [-0.2, -0.15) is 0 Å². The Morgan fingerprint density at radius 2 is 1.64 bits per heavy atom. The number of benzene rings is 3. The summed E-state index contributed by atoms with van der Waals surface area (Å²) in [7, 11) is 0. The molecule has 3 aromatic carbocycles. The van der Waals surface area contributed by atoms with Gasteiger partial charge in [-0.15, -0.1) is 11.8 Å². The van der Waals surface area contributed by atoms with E-state index < -0.39 is 0 Å². The molecular formula is C23H20N2O2S. The molecule has 2 amide bonds. The normalized spacial score (nSPS) is 15.0. The SMILES string of the molecule is Cc1c(NC(=O)C2Cc3ccccc3S2)cccc1C(=O)Nc1ccccc1. The number of carbonyl (C=O) groups is 2. The minimum atomic E-state index is -0.192. The van der Waals surface area contributed by atoms with Gasteiger partial charge in [0, 0.05) is 21.8 Å². The van der Waals surface area contributed by atoms with Crippen LogP contribution in [0.4, 0.5) is 11.4 Å². The van der Waals surface area contributed by atoms with E-state index in [1.807, 2.05) is 61.5 Å². The third-order valence-corrected chi connectivity index (χ3v) is 6.12. The molecule has 0 spiro atoms. The van der Waals surface area contributed by atoms with Crippen molar-refractivity contribution in [1.82, 2.24) is 0 Å². The lowest BCUT2D eigenvalue weighted by Gasteiger charge is -2.15. The molecule has 1 unspecified atom stereocenters. The number of thioether (sulfide) groups is 1. The Hall–Kier alpha value is -3.05. The summed E-state index contributed by atoms with van der Waals surface area (Å²) < 4.78 is 0. The van der Waals surface area contributed by atoms with E-state index in [9.17, 15) is 9.59 Å². The molecule has 3 aromatic rings. The predicted octanol–water partition coefficient (Wildman–Crippen LogP) is 4.90. The largest absolute Gasteiger partial charge is 0.325 e. The fourth-order valence-electron chi connectivity index (χ4n) is 3.28. The highest BCUT2D eigenvalue weighted by atomic mass is 32.2. The van der Waals surface area contributed by atoms with E-state index in [1.165, 1.54) is 5.56 Å². The molecule has 0 saturated carbocycles. The summed E-state index contributed by atoms with van der Waals surface area (Å²) in [6.07, 6.45) is 0.722. The molecule has 1 heterocycles. The molecule has 0 saturated heterocycles. The number of carbonyl (C=O) groups excluding carboxylic acids is 2. The van der Waals surface area contributed by atoms with Gasteiger partial charge < -0.3 is 10.6 Å². The highest BCUT2D eigenvalue weighted by Crippen LogP contribution is 2.37. The number of rotatable bonds is 4. The first-order chi connectivity index (χ1) is 13.6. The number of hydrogen-bond acceptors (Lipinski definition) is 3. The van der Waals surface area contributed by atoms with E-state index >= 15 is 0 Å². The molecule has 4 rings (SSSR count). The maximum Gasteiger partial charge on any atom is 0.256 e. The van der Waals surface area contributed by atoms with E-state index in [2.05, 4.69) is 16.7 Å². The van der Waals surface area contributed by atoms with Gasteiger partial charge >= 0.3 is 0 Å². The summed E-state index contributed by atoms with van der Waals surface area (Å²) in [6, 6.07) is 22.8. The Balaban J connectivity index is 1.48. The monoisotopic (exact) mass is 388 g/mol. The summed E-state index contributed by atoms with van der Waals surface area (Å²) in [6.45, 7) is 1.85. The number of nitrogens with one attached hydrogen (secondary N) is 2. The molecule has 0 fully saturated rings. The Labute approximate surface area is 168 Å². The Bertz CT molecular complexity index is 1010. The number of anilines is 2. The van der Waals surface area contributed by atoms with Crippen LogP contribution in [0.1, 0.15) is 21.5 Å². The van der Waals surface area contributed by atoms with Crippen molar-refractivity contribution >= 4 is 35.0 Å². The van der Waals surface area contributed by atoms with Gasteiger partial charge in [0.1, 0.15) is 0 Å². The maximum absolute atomic E-state index is 12.8. The summed E-state index contributed by atoms with van der Waals surface area (Å²) in [5.41, 5.74) is 3.91. The first kappa shape index (κ1) is 18.3. The Morgan fingerprint density at radius 3 is 2.43 bits per heavy atom. The lowest BCUT2D eigenvalue weighted by molar-refractivity contribution is -0.115. The van der Waals surface area contributed by atoms with Crippen molar-refractivity contribution in [2.75, 3.05) is 10.6 Å². The van der Waals surface area contributed by atoms with Crippen LogP contribution in [0, 0.1) is 6.92 Å². The Morgan fingerprint density at radius 1 is 0.893 bits per heavy atom. The lowest BCUT2D eigenvalue weighted by atomic mass is 10.1. The van der Waals surface area contributed by atoms with E-state index in [0.29, 0.717) is 11.3 Å². The average Bonchev–Trinajstić information content (AvgIpc) is 3.15. The van der Waals surface area contributed by atoms with Crippen molar-refractivity contribution in [2.24, 2.45) is 0 Å². The number of hydrogen-bond donors (Lipinski definition) is 2. The van der Waals surface area contributed by atoms with Gasteiger partial charge in [0.15, 0.2) is 0 Å². The molecule has 0 bridgehead atoms. The van der Waals surface area contributed by atoms with Crippen molar-refractivity contribution < 1.29 is 9.59 Å². The smallest absolute Gasteiger partial charge is 0.256 e. The van der Waals surface area contributed by atoms with Gasteiger partial charge in [-0.05, 0) is 54.8 Å². The van der Waals surface area contributed by atoms with Crippen LogP contribution in [0.25, 0.3) is 0 Å². The second-order valence-electron chi connectivity index (χ2n) is 6.71. The maximum atomic E-state index is 12.8. The highest BCUT2D eigenvalue weighted by molar-refractivity contribution is 8.01. The minimum Gasteiger partial charge on any atom is -0.325 e. The van der Waals surface area contributed by atoms with Crippen LogP contribution in [0.2, 0.25) is 0 Å². The first-order valence-corrected chi connectivity index (χ1v) is 10.0. The number of amides is 2. The summed E-state index contributed by atoms with van der Waals surface area (Å²) in [5, 5.41) is 5.74. The summed E-state index contributed by atoms with van der Waals surface area (Å²) >= 11 is 1.59. The van der Waals surface area contributed by atoms with Gasteiger partial charge in [-0.25, -0.2) is 0 Å². The van der Waals surface area contributed by atoms with E-state index in [0.717, 1.165) is 22.6 Å². The van der Waals surface area contributed by atoms with E-state index in [4.69, 9.17) is 0 Å². The van der Waals surface area contributed by atoms with Gasteiger partial charge in [0.2, 0.25) is 5.91 Å². The third kappa shape index (κ3) is 3.80. The van der Waals surface area contributed by atoms with E-state index in [1.54, 1.807) is 23.9 Å². The number of fused-ring (bicyclic) bond motifs is 1. The predicted molar refractivity (Wildman–Crippen MR) is 114 cm³/mol. The quantitative estimate of drug-likeness (QED) is 0.668. The zero-order valence-corrected chi connectivity index (χ0v) is 16.3. The Kier molecular flexibility index (Phi) is 5.17. The van der Waals surface area contributed by atoms with Gasteiger partial charge in [0.25, 0.3) is 5.91 Å². The zero-order chi connectivity index (χ0) is 19.5. The topological polar surface area (TPSA) is 58.2 Å². The third-order valence-electron chi connectivity index (χ3n) is 4.81. The molecule has 0 aromatic heterocycles. The van der Waals surface area contributed by atoms with Crippen molar-refractivity contribution in [1.29, 1.82) is 0 Å². The van der Waals surface area contributed by atoms with Crippen molar-refractivity contribution in [3.63, 3.8) is 0 Å². The molecule has 5 heteroatoms. The van der Waals surface area contributed by atoms with Crippen molar-refractivity contribution in [2.45, 2.75) is 23.5 Å². The fraction of sp³-hybridized carbons (Fsp3) is 0.130. The molecule has 4 nitrogen and oxygen atoms in total. The molecular weight excluding hydrogens is 368 g/mol. The van der Waals surface area contributed by atoms with Crippen LogP contribution in [0.15, 0.2) is 77.7 Å². The van der Waals surface area contributed by atoms with Crippen LogP contribution in [0.3, 0.4) is 0 Å². The molecule has 2 N–H and O–H groups in total. The van der Waals surface area contributed by atoms with Gasteiger partial charge in [-0.3, -0.25) is 9.59 Å². The average molecular weight is 388 g/mol. The molecule has 0 aliphatic carbocycles. The zero-order valence-electron chi connectivity index (χ0n) is 15.4. The second-order valence-corrected chi connectivity index (χ2v) is 7.95. The lowest BCUT2D eigenvalue weighted by Crippen LogP contribution is -2.25. The van der Waals surface area contributed by atoms with Gasteiger partial charge in [0.05, 0.1) is 5.25 Å². The first-order valence-electron chi connectivity index (χ1n) is 9.13. The molecule has 1 aliphatic rings. The van der Waals surface area contributed by atoms with Crippen LogP contribution in [-0.4, -0.2) is 17.1 Å². The molecule has 1 atom stereocenters. The van der Waals surface area contributed by atoms with E-state index in [-0.39, 0.29) is 17.1 Å². The van der Waals surface area contributed by atoms with Gasteiger partial charge in [-0.1, -0.05) is 42.5 Å². The summed E-state index contributed by atoms with van der Waals surface area (Å²) in [5.74, 6) is -0.229. The van der Waals surface area contributed by atoms with Crippen LogP contribution >= 0.6 is 11.8 Å². The highest BCUT2D eigenvalue weighted by Gasteiger charge is 2.28. The second kappa shape index (κ2) is 7.90. The standard InChI is InChI=1S/C23H20N2O2S/c1-15-18(22(26)24-17-9-3-2-4-10-17)11-7-12-19(15)25-23(27)21-14-16-8-5-6-13-20(16)28-21/h2-13,21H,14H2,1H3,(H,24,26)(H,25,27). The molecule has 140 valence electrons.